The van der Waals surface area contributed by atoms with Crippen molar-refractivity contribution in [3.8, 4) is 0 Å². The Hall–Kier alpha value is -2.71. The molecule has 1 heterocycles. The van der Waals surface area contributed by atoms with E-state index in [-0.39, 0.29) is 17.3 Å². The Morgan fingerprint density at radius 2 is 1.81 bits per heavy atom. The van der Waals surface area contributed by atoms with Gasteiger partial charge in [-0.3, -0.25) is 9.59 Å². The van der Waals surface area contributed by atoms with Crippen molar-refractivity contribution in [1.29, 1.82) is 0 Å². The van der Waals surface area contributed by atoms with Gasteiger partial charge in [-0.1, -0.05) is 18.2 Å². The third-order valence-corrected chi connectivity index (χ3v) is 6.02. The van der Waals surface area contributed by atoms with Crippen molar-refractivity contribution in [3.05, 3.63) is 53.1 Å². The summed E-state index contributed by atoms with van der Waals surface area (Å²) in [5.41, 5.74) is 3.71. The van der Waals surface area contributed by atoms with Crippen molar-refractivity contribution in [3.63, 3.8) is 0 Å². The molecular weight excluding hydrogens is 366 g/mol. The van der Waals surface area contributed by atoms with E-state index in [9.17, 15) is 18.0 Å². The number of hydrogen-bond donors (Lipinski definition) is 3. The summed E-state index contributed by atoms with van der Waals surface area (Å²) in [6, 6.07) is 10.0. The van der Waals surface area contributed by atoms with Crippen LogP contribution in [0.2, 0.25) is 0 Å². The second kappa shape index (κ2) is 7.13. The van der Waals surface area contributed by atoms with E-state index in [1.165, 1.54) is 12.1 Å². The SMILES string of the molecule is Cc1cccc(C)c1NC(=O)CNS(=O)(=O)c1ccc2c(c1)[C@@H](C)C(=O)N2. The fourth-order valence-electron chi connectivity index (χ4n) is 3.00. The molecule has 0 spiro atoms. The van der Waals surface area contributed by atoms with Gasteiger partial charge in [0.1, 0.15) is 0 Å². The van der Waals surface area contributed by atoms with Gasteiger partial charge in [0, 0.05) is 11.4 Å². The van der Waals surface area contributed by atoms with E-state index in [1.807, 2.05) is 32.0 Å². The van der Waals surface area contributed by atoms with Crippen LogP contribution in [0.25, 0.3) is 0 Å². The molecule has 142 valence electrons. The lowest BCUT2D eigenvalue weighted by atomic mass is 10.0. The Morgan fingerprint density at radius 3 is 2.48 bits per heavy atom. The zero-order valence-corrected chi connectivity index (χ0v) is 16.1. The van der Waals surface area contributed by atoms with Gasteiger partial charge in [-0.15, -0.1) is 0 Å². The Morgan fingerprint density at radius 1 is 1.15 bits per heavy atom. The van der Waals surface area contributed by atoms with Crippen molar-refractivity contribution in [2.24, 2.45) is 0 Å². The van der Waals surface area contributed by atoms with Gasteiger partial charge in [0.25, 0.3) is 0 Å². The molecule has 1 aliphatic heterocycles. The molecule has 2 aromatic carbocycles. The van der Waals surface area contributed by atoms with Gasteiger partial charge in [0.2, 0.25) is 21.8 Å². The van der Waals surface area contributed by atoms with E-state index in [1.54, 1.807) is 13.0 Å². The molecule has 0 unspecified atom stereocenters. The highest BCUT2D eigenvalue weighted by molar-refractivity contribution is 7.89. The minimum Gasteiger partial charge on any atom is -0.325 e. The molecule has 0 saturated carbocycles. The van der Waals surface area contributed by atoms with Crippen molar-refractivity contribution in [2.75, 3.05) is 17.2 Å². The van der Waals surface area contributed by atoms with Crippen LogP contribution in [-0.2, 0) is 19.6 Å². The van der Waals surface area contributed by atoms with Crippen LogP contribution >= 0.6 is 0 Å². The molecule has 8 heteroatoms. The minimum atomic E-state index is -3.88. The van der Waals surface area contributed by atoms with Gasteiger partial charge < -0.3 is 10.6 Å². The number of para-hydroxylation sites is 1. The van der Waals surface area contributed by atoms with Gasteiger partial charge in [-0.05, 0) is 55.7 Å². The summed E-state index contributed by atoms with van der Waals surface area (Å²) in [6.07, 6.45) is 0. The van der Waals surface area contributed by atoms with Crippen molar-refractivity contribution >= 4 is 33.2 Å². The molecule has 7 nitrogen and oxygen atoms in total. The normalized spacial score (nSPS) is 16.0. The number of fused-ring (bicyclic) bond motifs is 1. The summed E-state index contributed by atoms with van der Waals surface area (Å²) < 4.78 is 27.3. The average Bonchev–Trinajstić information content (AvgIpc) is 2.90. The highest BCUT2D eigenvalue weighted by Gasteiger charge is 2.28. The third kappa shape index (κ3) is 3.86. The lowest BCUT2D eigenvalue weighted by Crippen LogP contribution is -2.33. The predicted molar refractivity (Wildman–Crippen MR) is 103 cm³/mol. The Balaban J connectivity index is 1.71. The van der Waals surface area contributed by atoms with E-state index in [0.29, 0.717) is 16.9 Å². The molecule has 1 aliphatic rings. The quantitative estimate of drug-likeness (QED) is 0.732. The van der Waals surface area contributed by atoms with Crippen LogP contribution in [0.3, 0.4) is 0 Å². The maximum atomic E-state index is 12.5. The Kier molecular flexibility index (Phi) is 5.03. The Bertz CT molecular complexity index is 1010. The summed E-state index contributed by atoms with van der Waals surface area (Å²) in [5, 5.41) is 5.43. The number of carbonyl (C=O) groups is 2. The average molecular weight is 387 g/mol. The van der Waals surface area contributed by atoms with Crippen molar-refractivity contribution in [1.82, 2.24) is 4.72 Å². The molecule has 2 amide bonds. The lowest BCUT2D eigenvalue weighted by Gasteiger charge is -2.12. The number of carbonyl (C=O) groups excluding carboxylic acids is 2. The van der Waals surface area contributed by atoms with Crippen LogP contribution in [-0.4, -0.2) is 26.8 Å². The molecule has 3 rings (SSSR count). The first-order valence-corrected chi connectivity index (χ1v) is 9.98. The maximum Gasteiger partial charge on any atom is 0.241 e. The van der Waals surface area contributed by atoms with Gasteiger partial charge >= 0.3 is 0 Å². The van der Waals surface area contributed by atoms with Crippen molar-refractivity contribution < 1.29 is 18.0 Å². The number of benzene rings is 2. The summed E-state index contributed by atoms with van der Waals surface area (Å²) in [7, 11) is -3.88. The highest BCUT2D eigenvalue weighted by atomic mass is 32.2. The molecule has 0 aliphatic carbocycles. The first-order valence-electron chi connectivity index (χ1n) is 8.49. The number of anilines is 2. The summed E-state index contributed by atoms with van der Waals surface area (Å²) >= 11 is 0. The summed E-state index contributed by atoms with van der Waals surface area (Å²) in [4.78, 5) is 23.9. The van der Waals surface area contributed by atoms with Crippen LogP contribution in [0.15, 0.2) is 41.3 Å². The zero-order chi connectivity index (χ0) is 19.8. The number of sulfonamides is 1. The number of aryl methyl sites for hydroxylation is 2. The van der Waals surface area contributed by atoms with Crippen LogP contribution in [0.1, 0.15) is 29.5 Å². The lowest BCUT2D eigenvalue weighted by molar-refractivity contribution is -0.117. The molecule has 1 atom stereocenters. The number of hydrogen-bond acceptors (Lipinski definition) is 4. The monoisotopic (exact) mass is 387 g/mol. The smallest absolute Gasteiger partial charge is 0.241 e. The van der Waals surface area contributed by atoms with Crippen LogP contribution in [0.5, 0.6) is 0 Å². The predicted octanol–water partition coefficient (Wildman–Crippen LogP) is 2.28. The van der Waals surface area contributed by atoms with Crippen LogP contribution < -0.4 is 15.4 Å². The molecule has 3 N–H and O–H groups in total. The maximum absolute atomic E-state index is 12.5. The molecular formula is C19H21N3O4S. The molecule has 0 fully saturated rings. The molecule has 27 heavy (non-hydrogen) atoms. The van der Waals surface area contributed by atoms with Crippen LogP contribution in [0, 0.1) is 13.8 Å². The van der Waals surface area contributed by atoms with Gasteiger partial charge in [-0.25, -0.2) is 13.1 Å². The van der Waals surface area contributed by atoms with E-state index in [4.69, 9.17) is 0 Å². The summed E-state index contributed by atoms with van der Waals surface area (Å²) in [6.45, 7) is 5.06. The van der Waals surface area contributed by atoms with E-state index >= 15 is 0 Å². The van der Waals surface area contributed by atoms with E-state index in [0.717, 1.165) is 11.1 Å². The molecule has 0 aromatic heterocycles. The number of nitrogens with one attached hydrogen (secondary N) is 3. The van der Waals surface area contributed by atoms with Gasteiger partial charge in [0.15, 0.2) is 0 Å². The van der Waals surface area contributed by atoms with E-state index < -0.39 is 21.8 Å². The third-order valence-electron chi connectivity index (χ3n) is 4.62. The fourth-order valence-corrected chi connectivity index (χ4v) is 4.02. The number of rotatable bonds is 5. The number of amides is 2. The van der Waals surface area contributed by atoms with Gasteiger partial charge in [0.05, 0.1) is 17.4 Å². The van der Waals surface area contributed by atoms with Gasteiger partial charge in [-0.2, -0.15) is 0 Å². The second-order valence-electron chi connectivity index (χ2n) is 6.60. The zero-order valence-electron chi connectivity index (χ0n) is 15.3. The molecule has 2 aromatic rings. The minimum absolute atomic E-state index is 0.0180. The molecule has 0 saturated heterocycles. The molecule has 0 radical (unpaired) electrons. The Labute approximate surface area is 158 Å². The van der Waals surface area contributed by atoms with E-state index in [2.05, 4.69) is 15.4 Å². The first kappa shape index (κ1) is 19.1. The summed E-state index contributed by atoms with van der Waals surface area (Å²) in [5.74, 6) is -1.04. The largest absolute Gasteiger partial charge is 0.325 e. The van der Waals surface area contributed by atoms with Crippen LogP contribution in [0.4, 0.5) is 11.4 Å². The second-order valence-corrected chi connectivity index (χ2v) is 8.37. The fraction of sp³-hybridized carbons (Fsp3) is 0.263. The highest BCUT2D eigenvalue weighted by Crippen LogP contribution is 2.33. The van der Waals surface area contributed by atoms with Crippen molar-refractivity contribution in [2.45, 2.75) is 31.6 Å². The topological polar surface area (TPSA) is 104 Å². The standard InChI is InChI=1S/C19H21N3O4S/c1-11-5-4-6-12(2)18(11)22-17(23)10-20-27(25,26)14-7-8-16-15(9-14)13(3)19(24)21-16/h4-9,13,20H,10H2,1-3H3,(H,21,24)(H,22,23)/t13-/m1/s1. The molecule has 0 bridgehead atoms. The first-order chi connectivity index (χ1) is 12.7.